The van der Waals surface area contributed by atoms with Crippen LogP contribution in [0.4, 0.5) is 0 Å². The first kappa shape index (κ1) is 20.1. The summed E-state index contributed by atoms with van der Waals surface area (Å²) in [6, 6.07) is 8.29. The normalized spacial score (nSPS) is 13.2. The molecule has 1 atom stereocenters. The maximum Gasteiger partial charge on any atom is 0.330 e. The van der Waals surface area contributed by atoms with Crippen molar-refractivity contribution in [3.8, 4) is 0 Å². The van der Waals surface area contributed by atoms with Crippen molar-refractivity contribution in [1.82, 2.24) is 4.90 Å². The predicted molar refractivity (Wildman–Crippen MR) is 90.2 cm³/mol. The molecule has 0 spiro atoms. The fraction of sp³-hybridized carbons (Fsp3) is 0.333. The molecule has 2 N–H and O–H groups in total. The van der Waals surface area contributed by atoms with E-state index in [1.165, 1.54) is 6.92 Å². The summed E-state index contributed by atoms with van der Waals surface area (Å²) in [5, 5.41) is 18.6. The Kier molecular flexibility index (Phi) is 7.05. The lowest BCUT2D eigenvalue weighted by molar-refractivity contribution is -0.163. The quantitative estimate of drug-likeness (QED) is 0.522. The number of carbonyl (C=O) groups excluding carboxylic acids is 2. The summed E-state index contributed by atoms with van der Waals surface area (Å²) < 4.78 is 0. The molecule has 1 rings (SSSR count). The molecule has 0 aromatic heterocycles. The van der Waals surface area contributed by atoms with Crippen molar-refractivity contribution in [2.45, 2.75) is 32.2 Å². The van der Waals surface area contributed by atoms with Gasteiger partial charge in [-0.15, -0.1) is 0 Å². The maximum atomic E-state index is 12.4. The molecule has 0 saturated heterocycles. The van der Waals surface area contributed by atoms with Crippen molar-refractivity contribution in [2.75, 3.05) is 6.54 Å². The lowest BCUT2D eigenvalue weighted by atomic mass is 9.89. The summed E-state index contributed by atoms with van der Waals surface area (Å²) in [4.78, 5) is 48.2. The van der Waals surface area contributed by atoms with Gasteiger partial charge in [-0.1, -0.05) is 37.3 Å². The topological polar surface area (TPSA) is 112 Å². The van der Waals surface area contributed by atoms with Crippen LogP contribution in [-0.4, -0.2) is 50.8 Å². The average Bonchev–Trinajstić information content (AvgIpc) is 2.59. The molecule has 1 aromatic carbocycles. The van der Waals surface area contributed by atoms with Crippen LogP contribution in [0.25, 0.3) is 0 Å². The summed E-state index contributed by atoms with van der Waals surface area (Å²) in [5.74, 6) is -3.84. The molecular weight excluding hydrogens is 326 g/mol. The Morgan fingerprint density at radius 3 is 2.08 bits per heavy atom. The van der Waals surface area contributed by atoms with Crippen LogP contribution in [-0.2, 0) is 14.4 Å². The number of rotatable bonds is 9. The predicted octanol–water partition coefficient (Wildman–Crippen LogP) is 1.98. The minimum absolute atomic E-state index is 0.00385. The van der Waals surface area contributed by atoms with E-state index in [4.69, 9.17) is 5.11 Å². The minimum Gasteiger partial charge on any atom is -0.481 e. The minimum atomic E-state index is -1.86. The molecule has 25 heavy (non-hydrogen) atoms. The van der Waals surface area contributed by atoms with Crippen LogP contribution < -0.4 is 0 Å². The highest BCUT2D eigenvalue weighted by Gasteiger charge is 2.46. The van der Waals surface area contributed by atoms with Crippen LogP contribution in [0.2, 0.25) is 0 Å². The Hall–Kier alpha value is -2.96. The smallest absolute Gasteiger partial charge is 0.330 e. The first-order valence-electron chi connectivity index (χ1n) is 7.82. The number of amides is 1. The third-order valence-electron chi connectivity index (χ3n) is 3.96. The molecule has 0 heterocycles. The molecule has 0 fully saturated rings. The van der Waals surface area contributed by atoms with E-state index >= 15 is 0 Å². The number of hydrogen-bond acceptors (Lipinski definition) is 4. The lowest BCUT2D eigenvalue weighted by Gasteiger charge is -2.38. The molecule has 7 nitrogen and oxygen atoms in total. The van der Waals surface area contributed by atoms with E-state index in [2.05, 4.69) is 0 Å². The molecular formula is C18H21NO6. The molecule has 0 aliphatic heterocycles. The van der Waals surface area contributed by atoms with Crippen molar-refractivity contribution < 1.29 is 29.4 Å². The fourth-order valence-corrected chi connectivity index (χ4v) is 2.61. The van der Waals surface area contributed by atoms with Gasteiger partial charge in [-0.05, 0) is 19.4 Å². The summed E-state index contributed by atoms with van der Waals surface area (Å²) in [6.45, 7) is 3.06. The molecule has 0 aliphatic carbocycles. The number of allylic oxidation sites excluding steroid dienone is 1. The molecule has 0 radical (unpaired) electrons. The Bertz CT molecular complexity index is 682. The fourth-order valence-electron chi connectivity index (χ4n) is 2.61. The lowest BCUT2D eigenvalue weighted by Crippen LogP contribution is -2.57. The molecule has 1 aromatic rings. The van der Waals surface area contributed by atoms with E-state index in [0.29, 0.717) is 5.56 Å². The van der Waals surface area contributed by atoms with Gasteiger partial charge in [-0.25, -0.2) is 4.79 Å². The van der Waals surface area contributed by atoms with Crippen molar-refractivity contribution in [3.63, 3.8) is 0 Å². The maximum absolute atomic E-state index is 12.4. The summed E-state index contributed by atoms with van der Waals surface area (Å²) in [7, 11) is 0. The monoisotopic (exact) mass is 347 g/mol. The average molecular weight is 347 g/mol. The van der Waals surface area contributed by atoms with Gasteiger partial charge in [0.15, 0.2) is 11.3 Å². The number of carbonyl (C=O) groups is 4. The zero-order valence-electron chi connectivity index (χ0n) is 14.1. The number of carboxylic acid groups (broad SMARTS) is 2. The van der Waals surface area contributed by atoms with Crippen molar-refractivity contribution in [3.05, 3.63) is 48.0 Å². The third-order valence-corrected chi connectivity index (χ3v) is 3.96. The van der Waals surface area contributed by atoms with E-state index in [1.807, 2.05) is 0 Å². The highest BCUT2D eigenvalue weighted by Crippen LogP contribution is 2.25. The van der Waals surface area contributed by atoms with Gasteiger partial charge in [0.05, 0.1) is 6.42 Å². The standard InChI is InChI=1S/C18H21NO6/c1-3-18(17(24)25,12-16(22)23)19(4-2)15(21)11-10-14(20)13-8-6-5-7-9-13/h5-11H,3-4,12H2,1-2H3,(H,22,23)(H,24,25)/b11-10+/t18-/m1/s1. The van der Waals surface area contributed by atoms with E-state index in [-0.39, 0.29) is 13.0 Å². The largest absolute Gasteiger partial charge is 0.481 e. The number of likely N-dealkylation sites (N-methyl/N-ethyl adjacent to an activating group) is 1. The van der Waals surface area contributed by atoms with E-state index in [9.17, 15) is 24.3 Å². The van der Waals surface area contributed by atoms with Gasteiger partial charge in [0, 0.05) is 18.2 Å². The summed E-state index contributed by atoms with van der Waals surface area (Å²) in [5.41, 5.74) is -1.47. The summed E-state index contributed by atoms with van der Waals surface area (Å²) in [6.07, 6.45) is 1.24. The first-order chi connectivity index (χ1) is 11.8. The Labute approximate surface area is 145 Å². The molecule has 0 bridgehead atoms. The number of nitrogens with zero attached hydrogens (tertiary/aromatic N) is 1. The second kappa shape index (κ2) is 8.77. The number of aliphatic carboxylic acids is 2. The molecule has 0 unspecified atom stereocenters. The van der Waals surface area contributed by atoms with Crippen LogP contribution >= 0.6 is 0 Å². The zero-order chi connectivity index (χ0) is 19.0. The van der Waals surface area contributed by atoms with Crippen molar-refractivity contribution in [2.24, 2.45) is 0 Å². The second-order valence-electron chi connectivity index (χ2n) is 5.41. The van der Waals surface area contributed by atoms with Gasteiger partial charge in [-0.2, -0.15) is 0 Å². The van der Waals surface area contributed by atoms with Crippen LogP contribution in [0.15, 0.2) is 42.5 Å². The van der Waals surface area contributed by atoms with Crippen LogP contribution in [0.1, 0.15) is 37.0 Å². The molecule has 7 heteroatoms. The van der Waals surface area contributed by atoms with Crippen LogP contribution in [0.3, 0.4) is 0 Å². The van der Waals surface area contributed by atoms with Gasteiger partial charge in [0.2, 0.25) is 5.91 Å². The Balaban J connectivity index is 3.09. The highest BCUT2D eigenvalue weighted by atomic mass is 16.4. The van der Waals surface area contributed by atoms with Crippen molar-refractivity contribution in [1.29, 1.82) is 0 Å². The zero-order valence-corrected chi connectivity index (χ0v) is 14.1. The third kappa shape index (κ3) is 4.76. The number of ketones is 1. The molecule has 134 valence electrons. The Morgan fingerprint density at radius 2 is 1.64 bits per heavy atom. The second-order valence-corrected chi connectivity index (χ2v) is 5.41. The van der Waals surface area contributed by atoms with Gasteiger partial charge in [0.1, 0.15) is 0 Å². The molecule has 1 amide bonds. The SMILES string of the molecule is CCN(C(=O)/C=C/C(=O)c1ccccc1)[C@](CC)(CC(=O)O)C(=O)O. The van der Waals surface area contributed by atoms with Crippen LogP contribution in [0, 0.1) is 0 Å². The number of benzene rings is 1. The highest BCUT2D eigenvalue weighted by molar-refractivity contribution is 6.08. The Morgan fingerprint density at radius 1 is 1.04 bits per heavy atom. The van der Waals surface area contributed by atoms with E-state index in [1.54, 1.807) is 37.3 Å². The summed E-state index contributed by atoms with van der Waals surface area (Å²) >= 11 is 0. The number of carboxylic acids is 2. The van der Waals surface area contributed by atoms with E-state index < -0.39 is 35.6 Å². The first-order valence-corrected chi connectivity index (χ1v) is 7.82. The number of hydrogen-bond donors (Lipinski definition) is 2. The van der Waals surface area contributed by atoms with Crippen LogP contribution in [0.5, 0.6) is 0 Å². The van der Waals surface area contributed by atoms with Gasteiger partial charge < -0.3 is 15.1 Å². The van der Waals surface area contributed by atoms with Gasteiger partial charge >= 0.3 is 11.9 Å². The molecule has 0 saturated carbocycles. The van der Waals surface area contributed by atoms with E-state index in [0.717, 1.165) is 17.1 Å². The van der Waals surface area contributed by atoms with Crippen molar-refractivity contribution >= 4 is 23.6 Å². The molecule has 0 aliphatic rings. The van der Waals surface area contributed by atoms with Gasteiger partial charge in [0.25, 0.3) is 0 Å². The van der Waals surface area contributed by atoms with Gasteiger partial charge in [-0.3, -0.25) is 14.4 Å².